The second-order valence-electron chi connectivity index (χ2n) is 29.9. The third-order valence-electron chi connectivity index (χ3n) is 23.9. The van der Waals surface area contributed by atoms with Crippen LogP contribution in [0.15, 0.2) is 279 Å². The Kier molecular flexibility index (Phi) is 11.5. The van der Waals surface area contributed by atoms with Crippen molar-refractivity contribution in [2.45, 2.75) is 88.9 Å². The highest BCUT2D eigenvalue weighted by Gasteiger charge is 2.46. The SMILES string of the molecule is CC1(C)c2ccccc2-c2ccc(N(c3cc4c5c(ccc6cccc(c65)C4(C)C)c3)c3cc4c5c(ccc6cccc(c65)C4(C)C)c3)cc21.c1ccc2c(c1)-c1ccc(N(c3ccc4c(ccc5ccccc54)c3)c3cc4ccccc4c4ccccc34)cc1C21CCCC1. The summed E-state index contributed by atoms with van der Waals surface area (Å²) in [4.78, 5) is 5.08. The summed E-state index contributed by atoms with van der Waals surface area (Å²) in [5.41, 5.74) is 24.1. The Balaban J connectivity index is 0.000000132. The van der Waals surface area contributed by atoms with Gasteiger partial charge in [-0.05, 0) is 227 Å². The summed E-state index contributed by atoms with van der Waals surface area (Å²) in [6.45, 7) is 14.4. The van der Waals surface area contributed by atoms with Crippen LogP contribution in [-0.2, 0) is 21.7 Å². The second kappa shape index (κ2) is 19.9. The van der Waals surface area contributed by atoms with Crippen LogP contribution >= 0.6 is 0 Å². The summed E-state index contributed by atoms with van der Waals surface area (Å²) in [5, 5.41) is 21.2. The average molecular weight is 1230 g/mol. The van der Waals surface area contributed by atoms with Gasteiger partial charge in [-0.1, -0.05) is 267 Å². The fourth-order valence-electron chi connectivity index (χ4n) is 19.2. The van der Waals surface area contributed by atoms with Crippen LogP contribution in [-0.4, -0.2) is 0 Å². The highest BCUT2D eigenvalue weighted by Crippen LogP contribution is 2.60. The molecular formula is C94H72N2. The van der Waals surface area contributed by atoms with E-state index in [-0.39, 0.29) is 21.7 Å². The van der Waals surface area contributed by atoms with Crippen molar-refractivity contribution >= 4 is 120 Å². The van der Waals surface area contributed by atoms with Gasteiger partial charge in [0.05, 0.1) is 5.69 Å². The minimum atomic E-state index is -0.0998. The molecule has 1 spiro atoms. The van der Waals surface area contributed by atoms with Crippen molar-refractivity contribution in [1.82, 2.24) is 0 Å². The lowest BCUT2D eigenvalue weighted by Crippen LogP contribution is -2.21. The molecule has 0 saturated heterocycles. The molecule has 0 heterocycles. The van der Waals surface area contributed by atoms with Crippen molar-refractivity contribution in [3.8, 4) is 22.3 Å². The number of benzene rings is 16. The van der Waals surface area contributed by atoms with Crippen LogP contribution in [0.4, 0.5) is 34.1 Å². The van der Waals surface area contributed by atoms with Gasteiger partial charge in [-0.2, -0.15) is 0 Å². The maximum Gasteiger partial charge on any atom is 0.0546 e. The molecule has 0 aliphatic heterocycles. The maximum atomic E-state index is 2.55. The Hall–Kier alpha value is -10.8. The van der Waals surface area contributed by atoms with Crippen molar-refractivity contribution in [3.63, 3.8) is 0 Å². The molecule has 0 unspecified atom stereocenters. The summed E-state index contributed by atoms with van der Waals surface area (Å²) >= 11 is 0. The number of rotatable bonds is 6. The Morgan fingerprint density at radius 1 is 0.229 bits per heavy atom. The zero-order chi connectivity index (χ0) is 64.1. The first-order chi connectivity index (χ1) is 46.8. The molecule has 0 amide bonds. The molecule has 458 valence electrons. The molecule has 5 aliphatic rings. The van der Waals surface area contributed by atoms with E-state index in [9.17, 15) is 0 Å². The van der Waals surface area contributed by atoms with Crippen LogP contribution in [0.3, 0.4) is 0 Å². The van der Waals surface area contributed by atoms with Crippen molar-refractivity contribution in [2.24, 2.45) is 0 Å². The van der Waals surface area contributed by atoms with E-state index in [4.69, 9.17) is 0 Å². The van der Waals surface area contributed by atoms with Gasteiger partial charge in [-0.3, -0.25) is 0 Å². The van der Waals surface area contributed by atoms with Crippen LogP contribution in [0.5, 0.6) is 0 Å². The van der Waals surface area contributed by atoms with Gasteiger partial charge in [0.25, 0.3) is 0 Å². The summed E-state index contributed by atoms with van der Waals surface area (Å²) in [5.74, 6) is 0. The van der Waals surface area contributed by atoms with Gasteiger partial charge in [0.2, 0.25) is 0 Å². The van der Waals surface area contributed by atoms with Gasteiger partial charge in [0.15, 0.2) is 0 Å². The average Bonchev–Trinajstić information content (AvgIpc) is 1.54. The van der Waals surface area contributed by atoms with E-state index in [1.165, 1.54) is 213 Å². The predicted octanol–water partition coefficient (Wildman–Crippen LogP) is 26.0. The van der Waals surface area contributed by atoms with Crippen molar-refractivity contribution in [1.29, 1.82) is 0 Å². The monoisotopic (exact) mass is 1230 g/mol. The van der Waals surface area contributed by atoms with E-state index in [0.29, 0.717) is 0 Å². The van der Waals surface area contributed by atoms with Crippen LogP contribution in [0, 0.1) is 0 Å². The molecule has 1 saturated carbocycles. The van der Waals surface area contributed by atoms with E-state index in [1.54, 1.807) is 0 Å². The van der Waals surface area contributed by atoms with Crippen LogP contribution in [0.2, 0.25) is 0 Å². The quantitative estimate of drug-likeness (QED) is 0.153. The number of nitrogens with zero attached hydrogens (tertiary/aromatic N) is 2. The number of hydrogen-bond acceptors (Lipinski definition) is 2. The normalized spacial score (nSPS) is 15.8. The Morgan fingerprint density at radius 2 is 0.615 bits per heavy atom. The molecule has 0 bridgehead atoms. The summed E-state index contributed by atoms with van der Waals surface area (Å²) in [7, 11) is 0. The van der Waals surface area contributed by atoms with E-state index >= 15 is 0 Å². The molecule has 0 atom stereocenters. The zero-order valence-electron chi connectivity index (χ0n) is 55.3. The highest BCUT2D eigenvalue weighted by atomic mass is 15.1. The molecule has 2 nitrogen and oxygen atoms in total. The van der Waals surface area contributed by atoms with Crippen LogP contribution in [0.1, 0.15) is 112 Å². The minimum Gasteiger partial charge on any atom is -0.310 e. The molecule has 0 aromatic heterocycles. The lowest BCUT2D eigenvalue weighted by molar-refractivity contribution is 0.550. The Morgan fingerprint density at radius 3 is 1.27 bits per heavy atom. The topological polar surface area (TPSA) is 6.48 Å². The molecule has 16 aromatic rings. The molecular weight excluding hydrogens is 1160 g/mol. The smallest absolute Gasteiger partial charge is 0.0546 e. The second-order valence-corrected chi connectivity index (χ2v) is 29.9. The summed E-state index contributed by atoms with van der Waals surface area (Å²) in [6, 6.07) is 106. The van der Waals surface area contributed by atoms with Gasteiger partial charge in [0, 0.05) is 55.5 Å². The van der Waals surface area contributed by atoms with Gasteiger partial charge < -0.3 is 9.80 Å². The lowest BCUT2D eigenvalue weighted by Gasteiger charge is -2.31. The van der Waals surface area contributed by atoms with Gasteiger partial charge in [-0.15, -0.1) is 0 Å². The third-order valence-corrected chi connectivity index (χ3v) is 23.9. The number of fused-ring (bicyclic) bond motifs is 14. The van der Waals surface area contributed by atoms with Gasteiger partial charge in [-0.25, -0.2) is 0 Å². The molecule has 0 N–H and O–H groups in total. The molecule has 5 aliphatic carbocycles. The molecule has 16 aromatic carbocycles. The van der Waals surface area contributed by atoms with Crippen molar-refractivity contribution in [2.75, 3.05) is 9.80 Å². The molecule has 0 radical (unpaired) electrons. The molecule has 1 fully saturated rings. The van der Waals surface area contributed by atoms with Crippen LogP contribution < -0.4 is 9.80 Å². The van der Waals surface area contributed by atoms with Gasteiger partial charge in [0.1, 0.15) is 0 Å². The predicted molar refractivity (Wildman–Crippen MR) is 409 cm³/mol. The molecule has 2 heteroatoms. The van der Waals surface area contributed by atoms with E-state index in [2.05, 4.69) is 330 Å². The maximum absolute atomic E-state index is 2.55. The van der Waals surface area contributed by atoms with Gasteiger partial charge >= 0.3 is 0 Å². The standard InChI is InChI=1S/C49H39N.C45H33N/c1-47(2)37-14-8-7-13-35(37)36-22-21-32(25-40(36)47)50(33-23-30-19-17-28-11-9-15-38-43(28)45(30)41(26-33)48(38,3)4)34-24-31-20-18-29-12-10-16-39-44(29)46(31)42(27-34)49(39,5)6;1-3-13-35-30(11-1)19-20-32-27-33(21-23-37(32)35)46(44-28-31-12-2-4-14-36(31)38-15-5-6-17-41(38)44)34-22-24-40-39-16-7-8-18-42(39)45(43(40)29-34)25-9-10-26-45/h7-27H,1-6H3;1-8,11-24,27-29H,9-10,25-26H2. The fourth-order valence-corrected chi connectivity index (χ4v) is 19.2. The Labute approximate surface area is 561 Å². The molecule has 21 rings (SSSR count). The number of anilines is 6. The van der Waals surface area contributed by atoms with Crippen molar-refractivity contribution in [3.05, 3.63) is 324 Å². The van der Waals surface area contributed by atoms with E-state index in [0.717, 1.165) is 0 Å². The fraction of sp³-hybridized carbons (Fsp3) is 0.149. The zero-order valence-corrected chi connectivity index (χ0v) is 55.3. The minimum absolute atomic E-state index is 0.0903. The highest BCUT2D eigenvalue weighted by molar-refractivity contribution is 6.19. The van der Waals surface area contributed by atoms with Crippen LogP contribution in [0.25, 0.3) is 108 Å². The van der Waals surface area contributed by atoms with E-state index in [1.807, 2.05) is 0 Å². The first-order valence-electron chi connectivity index (χ1n) is 34.8. The van der Waals surface area contributed by atoms with Crippen molar-refractivity contribution < 1.29 is 0 Å². The third kappa shape index (κ3) is 7.64. The number of hydrogen-bond donors (Lipinski definition) is 0. The Bertz CT molecular complexity index is 5940. The first kappa shape index (κ1) is 55.6. The van der Waals surface area contributed by atoms with E-state index < -0.39 is 0 Å². The molecule has 96 heavy (non-hydrogen) atoms. The largest absolute Gasteiger partial charge is 0.310 e. The summed E-state index contributed by atoms with van der Waals surface area (Å²) in [6.07, 6.45) is 5.02. The lowest BCUT2D eigenvalue weighted by atomic mass is 9.76. The summed E-state index contributed by atoms with van der Waals surface area (Å²) < 4.78 is 0. The first-order valence-corrected chi connectivity index (χ1v) is 34.8.